The molecule has 0 radical (unpaired) electrons. The summed E-state index contributed by atoms with van der Waals surface area (Å²) in [5, 5.41) is 1.98. The predicted molar refractivity (Wildman–Crippen MR) is 84.9 cm³/mol. The van der Waals surface area contributed by atoms with Crippen LogP contribution in [0.2, 0.25) is 0 Å². The first-order valence-corrected chi connectivity index (χ1v) is 7.98. The van der Waals surface area contributed by atoms with E-state index in [1.807, 2.05) is 0 Å². The number of alkyl halides is 1. The van der Waals surface area contributed by atoms with Crippen LogP contribution < -0.4 is 0 Å². The minimum atomic E-state index is -0.0881. The van der Waals surface area contributed by atoms with E-state index in [1.165, 1.54) is 16.0 Å². The van der Waals surface area contributed by atoms with Crippen LogP contribution in [-0.2, 0) is 5.41 Å². The Morgan fingerprint density at radius 3 is 2.39 bits per heavy atom. The van der Waals surface area contributed by atoms with Crippen molar-refractivity contribution in [3.63, 3.8) is 0 Å². The molecule has 0 aliphatic carbocycles. The summed E-state index contributed by atoms with van der Waals surface area (Å²) in [7, 11) is 0. The lowest BCUT2D eigenvalue weighted by Crippen LogP contribution is -2.15. The third-order valence-electron chi connectivity index (χ3n) is 2.92. The van der Waals surface area contributed by atoms with E-state index in [0.717, 1.165) is 4.47 Å². The maximum Gasteiger partial charge on any atom is 0.0941 e. The van der Waals surface area contributed by atoms with Crippen molar-refractivity contribution in [3.8, 4) is 0 Å². The summed E-state index contributed by atoms with van der Waals surface area (Å²) in [4.78, 5) is 1.17. The van der Waals surface area contributed by atoms with E-state index in [9.17, 15) is 0 Å². The van der Waals surface area contributed by atoms with Crippen molar-refractivity contribution >= 4 is 38.9 Å². The molecule has 1 aromatic heterocycles. The number of benzene rings is 1. The highest BCUT2D eigenvalue weighted by atomic mass is 79.9. The zero-order valence-corrected chi connectivity index (χ0v) is 13.9. The van der Waals surface area contributed by atoms with Crippen LogP contribution >= 0.6 is 38.9 Å². The molecule has 0 amide bonds. The lowest BCUT2D eigenvalue weighted by molar-refractivity contribution is 0.583. The Hall–Kier alpha value is -0.310. The largest absolute Gasteiger partial charge is 0.146 e. The number of hydrogen-bond donors (Lipinski definition) is 0. The van der Waals surface area contributed by atoms with Crippen molar-refractivity contribution in [1.29, 1.82) is 0 Å². The standard InChI is InChI=1S/C15H16BrClS/c1-15(2,3)11-7-5-4-6-10(11)13(17)14-12(16)8-9-18-14/h4-9,13H,1-3H3. The monoisotopic (exact) mass is 342 g/mol. The first-order valence-electron chi connectivity index (χ1n) is 5.87. The molecule has 18 heavy (non-hydrogen) atoms. The second-order valence-electron chi connectivity index (χ2n) is 5.33. The molecule has 0 aliphatic rings. The zero-order valence-electron chi connectivity index (χ0n) is 10.7. The predicted octanol–water partition coefficient (Wildman–Crippen LogP) is 6.14. The summed E-state index contributed by atoms with van der Waals surface area (Å²) >= 11 is 11.9. The molecular formula is C15H16BrClS. The summed E-state index contributed by atoms with van der Waals surface area (Å²) in [6, 6.07) is 10.5. The summed E-state index contributed by atoms with van der Waals surface area (Å²) in [5.74, 6) is 0. The van der Waals surface area contributed by atoms with Gasteiger partial charge in [-0.1, -0.05) is 45.0 Å². The lowest BCUT2D eigenvalue weighted by atomic mass is 9.83. The summed E-state index contributed by atoms with van der Waals surface area (Å²) in [5.41, 5.74) is 2.62. The number of rotatable bonds is 2. The molecule has 0 spiro atoms. The van der Waals surface area contributed by atoms with Crippen LogP contribution in [0.5, 0.6) is 0 Å². The molecule has 0 saturated carbocycles. The zero-order chi connectivity index (χ0) is 13.3. The fraction of sp³-hybridized carbons (Fsp3) is 0.333. The smallest absolute Gasteiger partial charge is 0.0941 e. The molecule has 3 heteroatoms. The molecule has 2 rings (SSSR count). The normalized spacial score (nSPS) is 13.6. The second kappa shape index (κ2) is 5.36. The number of thiophene rings is 1. The highest BCUT2D eigenvalue weighted by Gasteiger charge is 2.23. The van der Waals surface area contributed by atoms with Gasteiger partial charge < -0.3 is 0 Å². The molecule has 1 unspecified atom stereocenters. The number of hydrogen-bond acceptors (Lipinski definition) is 1. The molecule has 1 atom stereocenters. The fourth-order valence-corrected chi connectivity index (χ4v) is 4.22. The van der Waals surface area contributed by atoms with Crippen molar-refractivity contribution < 1.29 is 0 Å². The van der Waals surface area contributed by atoms with Gasteiger partial charge in [0.05, 0.1) is 5.38 Å². The molecule has 0 nitrogen and oxygen atoms in total. The van der Waals surface area contributed by atoms with Crippen LogP contribution in [0, 0.1) is 0 Å². The van der Waals surface area contributed by atoms with Crippen molar-refractivity contribution in [3.05, 3.63) is 56.2 Å². The summed E-state index contributed by atoms with van der Waals surface area (Å²) in [6.45, 7) is 6.66. The van der Waals surface area contributed by atoms with Crippen molar-refractivity contribution in [1.82, 2.24) is 0 Å². The van der Waals surface area contributed by atoms with Gasteiger partial charge in [0.1, 0.15) is 0 Å². The van der Waals surface area contributed by atoms with Gasteiger partial charge in [-0.3, -0.25) is 0 Å². The van der Waals surface area contributed by atoms with E-state index in [-0.39, 0.29) is 10.8 Å². The fourth-order valence-electron chi connectivity index (χ4n) is 2.03. The van der Waals surface area contributed by atoms with Gasteiger partial charge in [-0.2, -0.15) is 0 Å². The van der Waals surface area contributed by atoms with Crippen LogP contribution in [0.4, 0.5) is 0 Å². The quantitative estimate of drug-likeness (QED) is 0.575. The Morgan fingerprint density at radius 1 is 1.17 bits per heavy atom. The molecule has 0 aliphatic heterocycles. The molecule has 96 valence electrons. The maximum atomic E-state index is 6.67. The lowest BCUT2D eigenvalue weighted by Gasteiger charge is -2.25. The second-order valence-corrected chi connectivity index (χ2v) is 7.57. The Bertz CT molecular complexity index is 539. The molecular weight excluding hydrogens is 328 g/mol. The first kappa shape index (κ1) is 14.1. The van der Waals surface area contributed by atoms with E-state index in [2.05, 4.69) is 72.4 Å². The molecule has 0 saturated heterocycles. The highest BCUT2D eigenvalue weighted by Crippen LogP contribution is 2.41. The highest BCUT2D eigenvalue weighted by molar-refractivity contribution is 9.10. The van der Waals surface area contributed by atoms with Gasteiger partial charge in [0.15, 0.2) is 0 Å². The van der Waals surface area contributed by atoms with Crippen LogP contribution in [0.15, 0.2) is 40.2 Å². The summed E-state index contributed by atoms with van der Waals surface area (Å²) in [6.07, 6.45) is 0. The minimum Gasteiger partial charge on any atom is -0.146 e. The third kappa shape index (κ3) is 2.81. The molecule has 0 bridgehead atoms. The van der Waals surface area contributed by atoms with Crippen LogP contribution in [0.1, 0.15) is 42.2 Å². The molecule has 0 fully saturated rings. The van der Waals surface area contributed by atoms with Gasteiger partial charge >= 0.3 is 0 Å². The topological polar surface area (TPSA) is 0 Å². The molecule has 2 aromatic rings. The third-order valence-corrected chi connectivity index (χ3v) is 5.44. The van der Waals surface area contributed by atoms with Crippen molar-refractivity contribution in [2.45, 2.75) is 31.6 Å². The van der Waals surface area contributed by atoms with Crippen LogP contribution in [0.25, 0.3) is 0 Å². The van der Waals surface area contributed by atoms with Gasteiger partial charge in [0.2, 0.25) is 0 Å². The van der Waals surface area contributed by atoms with Crippen molar-refractivity contribution in [2.75, 3.05) is 0 Å². The van der Waals surface area contributed by atoms with Gasteiger partial charge in [-0.05, 0) is 43.9 Å². The van der Waals surface area contributed by atoms with Gasteiger partial charge in [0.25, 0.3) is 0 Å². The Morgan fingerprint density at radius 2 is 1.83 bits per heavy atom. The SMILES string of the molecule is CC(C)(C)c1ccccc1C(Cl)c1sccc1Br. The molecule has 0 N–H and O–H groups in total. The van der Waals surface area contributed by atoms with Gasteiger partial charge in [-0.15, -0.1) is 22.9 Å². The van der Waals surface area contributed by atoms with Crippen LogP contribution in [0.3, 0.4) is 0 Å². The van der Waals surface area contributed by atoms with E-state index < -0.39 is 0 Å². The Balaban J connectivity index is 2.49. The average Bonchev–Trinajstić information content (AvgIpc) is 2.73. The van der Waals surface area contributed by atoms with Gasteiger partial charge in [-0.25, -0.2) is 0 Å². The average molecular weight is 344 g/mol. The van der Waals surface area contributed by atoms with E-state index >= 15 is 0 Å². The van der Waals surface area contributed by atoms with Crippen molar-refractivity contribution in [2.24, 2.45) is 0 Å². The molecule has 1 aromatic carbocycles. The van der Waals surface area contributed by atoms with Gasteiger partial charge in [0, 0.05) is 9.35 Å². The van der Waals surface area contributed by atoms with E-state index in [4.69, 9.17) is 11.6 Å². The van der Waals surface area contributed by atoms with Crippen LogP contribution in [-0.4, -0.2) is 0 Å². The van der Waals surface area contributed by atoms with E-state index in [0.29, 0.717) is 0 Å². The Kier molecular flexibility index (Phi) is 4.20. The summed E-state index contributed by atoms with van der Waals surface area (Å²) < 4.78 is 1.09. The minimum absolute atomic E-state index is 0.0881. The maximum absolute atomic E-state index is 6.67. The van der Waals surface area contributed by atoms with E-state index in [1.54, 1.807) is 11.3 Å². The molecule has 1 heterocycles. The Labute approximate surface area is 126 Å². The first-order chi connectivity index (χ1) is 8.41. The number of halogens is 2.